The predicted octanol–water partition coefficient (Wildman–Crippen LogP) is 2.22. The van der Waals surface area contributed by atoms with E-state index in [2.05, 4.69) is 0 Å². The van der Waals surface area contributed by atoms with Crippen LogP contribution in [0.15, 0.2) is 12.1 Å². The molecule has 0 bridgehead atoms. The number of carbonyl (C=O) groups excluding carboxylic acids is 1. The Balaban J connectivity index is 3.36. The zero-order valence-electron chi connectivity index (χ0n) is 6.40. The summed E-state index contributed by atoms with van der Waals surface area (Å²) in [5.41, 5.74) is 5.75. The number of carbonyl (C=O) groups is 1. The van der Waals surface area contributed by atoms with E-state index in [0.29, 0.717) is 9.13 Å². The van der Waals surface area contributed by atoms with Crippen LogP contribution >= 0.6 is 22.6 Å². The van der Waals surface area contributed by atoms with E-state index in [1.807, 2.05) is 0 Å². The molecule has 0 aromatic heterocycles. The number of nitrogen functional groups attached to an aromatic ring is 1. The van der Waals surface area contributed by atoms with Gasteiger partial charge in [0.2, 0.25) is 0 Å². The Morgan fingerprint density at radius 1 is 1.58 bits per heavy atom. The summed E-state index contributed by atoms with van der Waals surface area (Å²) in [7, 11) is 0. The average molecular weight is 279 g/mol. The maximum atomic E-state index is 13.1. The summed E-state index contributed by atoms with van der Waals surface area (Å²) < 4.78 is 13.4. The highest BCUT2D eigenvalue weighted by Crippen LogP contribution is 2.21. The van der Waals surface area contributed by atoms with Crippen LogP contribution in [0, 0.1) is 9.39 Å². The van der Waals surface area contributed by atoms with Gasteiger partial charge in [-0.3, -0.25) is 4.79 Å². The maximum Gasteiger partial charge on any atom is 0.160 e. The van der Waals surface area contributed by atoms with Crippen molar-refractivity contribution in [3.05, 3.63) is 27.1 Å². The molecule has 0 heterocycles. The van der Waals surface area contributed by atoms with E-state index in [0.717, 1.165) is 0 Å². The third-order valence-electron chi connectivity index (χ3n) is 1.49. The van der Waals surface area contributed by atoms with Gasteiger partial charge in [-0.2, -0.15) is 0 Å². The van der Waals surface area contributed by atoms with Crippen molar-refractivity contribution in [1.29, 1.82) is 0 Å². The van der Waals surface area contributed by atoms with E-state index in [1.165, 1.54) is 19.1 Å². The summed E-state index contributed by atoms with van der Waals surface area (Å²) in [6.45, 7) is 1.40. The summed E-state index contributed by atoms with van der Waals surface area (Å²) in [5.74, 6) is -0.665. The molecule has 2 nitrogen and oxygen atoms in total. The molecular weight excluding hydrogens is 272 g/mol. The minimum absolute atomic E-state index is 0.0735. The molecule has 0 spiro atoms. The number of anilines is 1. The zero-order valence-corrected chi connectivity index (χ0v) is 8.55. The second-order valence-corrected chi connectivity index (χ2v) is 3.47. The van der Waals surface area contributed by atoms with E-state index in [9.17, 15) is 9.18 Å². The molecule has 0 fully saturated rings. The van der Waals surface area contributed by atoms with Crippen LogP contribution in [0.4, 0.5) is 10.1 Å². The van der Waals surface area contributed by atoms with Gasteiger partial charge in [-0.1, -0.05) is 0 Å². The molecule has 64 valence electrons. The molecule has 1 aromatic rings. The lowest BCUT2D eigenvalue weighted by molar-refractivity contribution is 0.101. The molecule has 0 atom stereocenters. The van der Waals surface area contributed by atoms with Gasteiger partial charge in [0.1, 0.15) is 0 Å². The maximum absolute atomic E-state index is 13.1. The van der Waals surface area contributed by atoms with Gasteiger partial charge in [0.15, 0.2) is 11.6 Å². The lowest BCUT2D eigenvalue weighted by Crippen LogP contribution is -2.01. The van der Waals surface area contributed by atoms with Gasteiger partial charge < -0.3 is 5.73 Å². The fourth-order valence-electron chi connectivity index (χ4n) is 0.836. The quantitative estimate of drug-likeness (QED) is 0.486. The highest BCUT2D eigenvalue weighted by atomic mass is 127. The second-order valence-electron chi connectivity index (χ2n) is 2.39. The zero-order chi connectivity index (χ0) is 9.30. The van der Waals surface area contributed by atoms with Crippen molar-refractivity contribution in [2.75, 3.05) is 5.73 Å². The summed E-state index contributed by atoms with van der Waals surface area (Å²) >= 11 is 1.77. The molecule has 0 aliphatic heterocycles. The van der Waals surface area contributed by atoms with Crippen molar-refractivity contribution in [1.82, 2.24) is 0 Å². The molecule has 0 saturated carbocycles. The molecule has 12 heavy (non-hydrogen) atoms. The van der Waals surface area contributed by atoms with E-state index in [1.54, 1.807) is 22.6 Å². The van der Waals surface area contributed by atoms with Crippen molar-refractivity contribution in [3.8, 4) is 0 Å². The van der Waals surface area contributed by atoms with Crippen molar-refractivity contribution in [2.45, 2.75) is 6.92 Å². The first-order valence-corrected chi connectivity index (χ1v) is 4.36. The van der Waals surface area contributed by atoms with Crippen molar-refractivity contribution < 1.29 is 9.18 Å². The van der Waals surface area contributed by atoms with Crippen LogP contribution in [0.1, 0.15) is 17.3 Å². The molecule has 0 radical (unpaired) electrons. The number of hydrogen-bond donors (Lipinski definition) is 1. The smallest absolute Gasteiger partial charge is 0.160 e. The number of ketones is 1. The largest absolute Gasteiger partial charge is 0.396 e. The fraction of sp³-hybridized carbons (Fsp3) is 0.125. The van der Waals surface area contributed by atoms with Gasteiger partial charge in [-0.05, 0) is 41.6 Å². The Bertz CT molecular complexity index is 338. The molecule has 1 aromatic carbocycles. The van der Waals surface area contributed by atoms with Gasteiger partial charge in [-0.25, -0.2) is 4.39 Å². The van der Waals surface area contributed by atoms with Crippen LogP contribution in [0.25, 0.3) is 0 Å². The Morgan fingerprint density at radius 3 is 2.67 bits per heavy atom. The van der Waals surface area contributed by atoms with Crippen molar-refractivity contribution >= 4 is 34.1 Å². The third-order valence-corrected chi connectivity index (χ3v) is 2.55. The first-order valence-electron chi connectivity index (χ1n) is 3.28. The standard InChI is InChI=1S/C8H7FINO/c1-4(12)5-2-3-6(11)7(9)8(5)10/h2-3H,11H2,1H3. The minimum Gasteiger partial charge on any atom is -0.396 e. The number of halogens is 2. The fourth-order valence-corrected chi connectivity index (χ4v) is 1.71. The van der Waals surface area contributed by atoms with Gasteiger partial charge in [0.05, 0.1) is 9.26 Å². The number of nitrogens with two attached hydrogens (primary N) is 1. The monoisotopic (exact) mass is 279 g/mol. The van der Waals surface area contributed by atoms with Crippen LogP contribution in [-0.2, 0) is 0 Å². The number of benzene rings is 1. The molecule has 4 heteroatoms. The normalized spacial score (nSPS) is 9.92. The highest BCUT2D eigenvalue weighted by Gasteiger charge is 2.11. The molecular formula is C8H7FINO. The topological polar surface area (TPSA) is 43.1 Å². The van der Waals surface area contributed by atoms with Crippen LogP contribution in [-0.4, -0.2) is 5.78 Å². The molecule has 0 unspecified atom stereocenters. The molecule has 0 aliphatic rings. The van der Waals surface area contributed by atoms with E-state index in [4.69, 9.17) is 5.73 Å². The number of hydrogen-bond acceptors (Lipinski definition) is 2. The van der Waals surface area contributed by atoms with Crippen LogP contribution < -0.4 is 5.73 Å². The average Bonchev–Trinajstić information content (AvgIpc) is 2.00. The Labute approximate surface area is 83.1 Å². The summed E-state index contributed by atoms with van der Waals surface area (Å²) in [6.07, 6.45) is 0. The van der Waals surface area contributed by atoms with Gasteiger partial charge in [0.25, 0.3) is 0 Å². The van der Waals surface area contributed by atoms with Crippen LogP contribution in [0.3, 0.4) is 0 Å². The van der Waals surface area contributed by atoms with Gasteiger partial charge >= 0.3 is 0 Å². The molecule has 2 N–H and O–H groups in total. The Morgan fingerprint density at radius 2 is 2.17 bits per heavy atom. The van der Waals surface area contributed by atoms with E-state index in [-0.39, 0.29) is 11.5 Å². The lowest BCUT2D eigenvalue weighted by Gasteiger charge is -2.03. The third kappa shape index (κ3) is 1.57. The van der Waals surface area contributed by atoms with Crippen molar-refractivity contribution in [2.24, 2.45) is 0 Å². The Hall–Kier alpha value is -0.650. The van der Waals surface area contributed by atoms with E-state index < -0.39 is 5.82 Å². The first-order chi connectivity index (χ1) is 5.54. The SMILES string of the molecule is CC(=O)c1ccc(N)c(F)c1I. The molecule has 0 amide bonds. The minimum atomic E-state index is -0.511. The predicted molar refractivity (Wildman–Crippen MR) is 53.5 cm³/mol. The van der Waals surface area contributed by atoms with Gasteiger partial charge in [-0.15, -0.1) is 0 Å². The molecule has 0 saturated heterocycles. The van der Waals surface area contributed by atoms with E-state index >= 15 is 0 Å². The Kier molecular flexibility index (Phi) is 2.66. The van der Waals surface area contributed by atoms with Crippen LogP contribution in [0.2, 0.25) is 0 Å². The number of Topliss-reactive ketones (excluding diaryl/α,β-unsaturated/α-hetero) is 1. The highest BCUT2D eigenvalue weighted by molar-refractivity contribution is 14.1. The summed E-state index contributed by atoms with van der Waals surface area (Å²) in [6, 6.07) is 2.93. The van der Waals surface area contributed by atoms with Gasteiger partial charge in [0, 0.05) is 5.56 Å². The summed E-state index contributed by atoms with van der Waals surface area (Å²) in [4.78, 5) is 10.9. The van der Waals surface area contributed by atoms with Crippen LogP contribution in [0.5, 0.6) is 0 Å². The molecule has 1 rings (SSSR count). The second kappa shape index (κ2) is 3.38. The number of rotatable bonds is 1. The first kappa shape index (κ1) is 9.44. The lowest BCUT2D eigenvalue weighted by atomic mass is 10.1. The van der Waals surface area contributed by atoms with Crippen molar-refractivity contribution in [3.63, 3.8) is 0 Å². The molecule has 0 aliphatic carbocycles. The summed E-state index contributed by atoms with van der Waals surface area (Å²) in [5, 5.41) is 0.